The molecule has 1 N–H and O–H groups in total. The van der Waals surface area contributed by atoms with Gasteiger partial charge in [-0.3, -0.25) is 9.78 Å². The van der Waals surface area contributed by atoms with Crippen molar-refractivity contribution < 1.29 is 4.79 Å². The summed E-state index contributed by atoms with van der Waals surface area (Å²) in [6.07, 6.45) is 9.23. The number of aromatic nitrogens is 1. The highest BCUT2D eigenvalue weighted by molar-refractivity contribution is 6.11. The van der Waals surface area contributed by atoms with Crippen molar-refractivity contribution in [2.24, 2.45) is 5.10 Å². The minimum absolute atomic E-state index is 0.0418. The highest BCUT2D eigenvalue weighted by Crippen LogP contribution is 2.09. The zero-order valence-corrected chi connectivity index (χ0v) is 14.9. The number of rotatable bonds is 10. The van der Waals surface area contributed by atoms with Crippen LogP contribution in [0.1, 0.15) is 63.1 Å². The first-order valence-corrected chi connectivity index (χ1v) is 9.14. The molecule has 0 aliphatic heterocycles. The molecule has 0 unspecified atom stereocenters. The maximum atomic E-state index is 12.1. The molecule has 0 saturated carbocycles. The summed E-state index contributed by atoms with van der Waals surface area (Å²) in [5, 5.41) is 4.35. The van der Waals surface area contributed by atoms with Gasteiger partial charge in [-0.1, -0.05) is 75.4 Å². The number of benzene rings is 1. The lowest BCUT2D eigenvalue weighted by Crippen LogP contribution is -2.20. The Morgan fingerprint density at radius 1 is 0.960 bits per heavy atom. The summed E-state index contributed by atoms with van der Waals surface area (Å²) in [5.41, 5.74) is 5.04. The molecule has 132 valence electrons. The molecule has 4 nitrogen and oxygen atoms in total. The number of hydrogen-bond acceptors (Lipinski definition) is 3. The summed E-state index contributed by atoms with van der Waals surface area (Å²) in [4.78, 5) is 16.4. The second kappa shape index (κ2) is 11.1. The highest BCUT2D eigenvalue weighted by Gasteiger charge is 2.09. The van der Waals surface area contributed by atoms with Gasteiger partial charge in [-0.2, -0.15) is 5.10 Å². The van der Waals surface area contributed by atoms with Gasteiger partial charge in [0.1, 0.15) is 5.71 Å². The average Bonchev–Trinajstić information content (AvgIpc) is 2.66. The smallest absolute Gasteiger partial charge is 0.240 e. The fourth-order valence-electron chi connectivity index (χ4n) is 2.61. The van der Waals surface area contributed by atoms with E-state index in [2.05, 4.69) is 22.4 Å². The van der Waals surface area contributed by atoms with Crippen molar-refractivity contribution in [3.05, 3.63) is 66.0 Å². The molecule has 0 aliphatic carbocycles. The number of nitrogens with zero attached hydrogens (tertiary/aromatic N) is 2. The van der Waals surface area contributed by atoms with E-state index in [-0.39, 0.29) is 5.91 Å². The second-order valence-electron chi connectivity index (χ2n) is 6.09. The Hall–Kier alpha value is -2.49. The number of unbranched alkanes of at least 4 members (excludes halogenated alkanes) is 5. The lowest BCUT2D eigenvalue weighted by molar-refractivity contribution is -0.121. The summed E-state index contributed by atoms with van der Waals surface area (Å²) < 4.78 is 0. The van der Waals surface area contributed by atoms with Crippen molar-refractivity contribution in [3.63, 3.8) is 0 Å². The first-order chi connectivity index (χ1) is 12.3. The molecule has 0 fully saturated rings. The minimum Gasteiger partial charge on any atom is -0.273 e. The number of carbonyl (C=O) groups is 1. The molecule has 0 bridgehead atoms. The maximum absolute atomic E-state index is 12.1. The average molecular weight is 337 g/mol. The van der Waals surface area contributed by atoms with Crippen LogP contribution in [-0.4, -0.2) is 16.6 Å². The van der Waals surface area contributed by atoms with Crippen LogP contribution in [-0.2, 0) is 4.79 Å². The molecule has 0 radical (unpaired) electrons. The van der Waals surface area contributed by atoms with Gasteiger partial charge in [0.05, 0.1) is 5.69 Å². The third-order valence-corrected chi connectivity index (χ3v) is 4.00. The Labute approximate surface area is 150 Å². The Morgan fingerprint density at radius 3 is 2.40 bits per heavy atom. The van der Waals surface area contributed by atoms with Gasteiger partial charge in [0.2, 0.25) is 5.91 Å². The number of hydrogen-bond donors (Lipinski definition) is 1. The van der Waals surface area contributed by atoms with E-state index in [1.807, 2.05) is 48.5 Å². The number of hydrazone groups is 1. The van der Waals surface area contributed by atoms with Gasteiger partial charge >= 0.3 is 0 Å². The summed E-state index contributed by atoms with van der Waals surface area (Å²) >= 11 is 0. The van der Waals surface area contributed by atoms with E-state index >= 15 is 0 Å². The molecule has 1 amide bonds. The first kappa shape index (κ1) is 18.8. The number of nitrogens with one attached hydrogen (secondary N) is 1. The largest absolute Gasteiger partial charge is 0.273 e. The molecule has 2 aromatic rings. The van der Waals surface area contributed by atoms with Crippen LogP contribution >= 0.6 is 0 Å². The zero-order chi connectivity index (χ0) is 17.7. The van der Waals surface area contributed by atoms with Crippen LogP contribution in [0, 0.1) is 0 Å². The lowest BCUT2D eigenvalue weighted by Gasteiger charge is -2.07. The van der Waals surface area contributed by atoms with Gasteiger partial charge in [0.15, 0.2) is 0 Å². The molecular weight excluding hydrogens is 310 g/mol. The summed E-state index contributed by atoms with van der Waals surface area (Å²) in [5.74, 6) is -0.0418. The van der Waals surface area contributed by atoms with Crippen molar-refractivity contribution in [1.29, 1.82) is 0 Å². The van der Waals surface area contributed by atoms with Crippen LogP contribution in [0.25, 0.3) is 0 Å². The van der Waals surface area contributed by atoms with Crippen molar-refractivity contribution in [1.82, 2.24) is 10.4 Å². The molecule has 1 heterocycles. The van der Waals surface area contributed by atoms with E-state index in [1.165, 1.54) is 25.7 Å². The van der Waals surface area contributed by atoms with Crippen molar-refractivity contribution in [3.8, 4) is 0 Å². The fourth-order valence-corrected chi connectivity index (χ4v) is 2.61. The normalized spacial score (nSPS) is 11.3. The predicted molar refractivity (Wildman–Crippen MR) is 102 cm³/mol. The third-order valence-electron chi connectivity index (χ3n) is 4.00. The van der Waals surface area contributed by atoms with E-state index in [9.17, 15) is 4.79 Å². The molecule has 0 atom stereocenters. The Morgan fingerprint density at radius 2 is 1.68 bits per heavy atom. The SMILES string of the molecule is CCCCCCCCC(=O)N/N=C(\c1ccccc1)c1ccccn1. The van der Waals surface area contributed by atoms with E-state index < -0.39 is 0 Å². The number of carbonyl (C=O) groups excluding carboxylic acids is 1. The van der Waals surface area contributed by atoms with Crippen LogP contribution in [0.15, 0.2) is 59.8 Å². The predicted octanol–water partition coefficient (Wildman–Crippen LogP) is 4.70. The maximum Gasteiger partial charge on any atom is 0.240 e. The van der Waals surface area contributed by atoms with Gasteiger partial charge in [-0.05, 0) is 18.6 Å². The van der Waals surface area contributed by atoms with Crippen molar-refractivity contribution in [2.45, 2.75) is 51.9 Å². The standard InChI is InChI=1S/C21H27N3O/c1-2-3-4-5-6-10-16-20(25)23-24-21(18-13-8-7-9-14-18)19-15-11-12-17-22-19/h7-9,11-15,17H,2-6,10,16H2,1H3,(H,23,25)/b24-21+. The Kier molecular flexibility index (Phi) is 8.39. The van der Waals surface area contributed by atoms with Crippen molar-refractivity contribution in [2.75, 3.05) is 0 Å². The molecule has 0 spiro atoms. The van der Waals surface area contributed by atoms with Crippen LogP contribution in [0.4, 0.5) is 0 Å². The number of amides is 1. The summed E-state index contributed by atoms with van der Waals surface area (Å²) in [6.45, 7) is 2.21. The molecule has 0 saturated heterocycles. The van der Waals surface area contributed by atoms with Crippen LogP contribution in [0.3, 0.4) is 0 Å². The minimum atomic E-state index is -0.0418. The lowest BCUT2D eigenvalue weighted by atomic mass is 10.1. The quantitative estimate of drug-likeness (QED) is 0.388. The molecule has 1 aromatic carbocycles. The van der Waals surface area contributed by atoms with Crippen LogP contribution in [0.5, 0.6) is 0 Å². The molecule has 25 heavy (non-hydrogen) atoms. The third kappa shape index (κ3) is 6.87. The van der Waals surface area contributed by atoms with Gasteiger partial charge in [0, 0.05) is 18.2 Å². The van der Waals surface area contributed by atoms with Gasteiger partial charge in [-0.15, -0.1) is 0 Å². The van der Waals surface area contributed by atoms with E-state index in [1.54, 1.807) is 6.20 Å². The van der Waals surface area contributed by atoms with Gasteiger partial charge in [0.25, 0.3) is 0 Å². The van der Waals surface area contributed by atoms with E-state index in [0.717, 1.165) is 24.1 Å². The van der Waals surface area contributed by atoms with Crippen LogP contribution in [0.2, 0.25) is 0 Å². The topological polar surface area (TPSA) is 54.4 Å². The molecular formula is C21H27N3O. The van der Waals surface area contributed by atoms with Gasteiger partial charge in [-0.25, -0.2) is 5.43 Å². The fraction of sp³-hybridized carbons (Fsp3) is 0.381. The zero-order valence-electron chi connectivity index (χ0n) is 14.9. The Bertz CT molecular complexity index is 612. The van der Waals surface area contributed by atoms with Crippen molar-refractivity contribution >= 4 is 11.6 Å². The molecule has 1 aromatic heterocycles. The molecule has 2 rings (SSSR count). The number of pyridine rings is 1. The summed E-state index contributed by atoms with van der Waals surface area (Å²) in [6, 6.07) is 15.5. The van der Waals surface area contributed by atoms with E-state index in [4.69, 9.17) is 0 Å². The first-order valence-electron chi connectivity index (χ1n) is 9.14. The molecule has 4 heteroatoms. The second-order valence-corrected chi connectivity index (χ2v) is 6.09. The van der Waals surface area contributed by atoms with Crippen LogP contribution < -0.4 is 5.43 Å². The van der Waals surface area contributed by atoms with Gasteiger partial charge < -0.3 is 0 Å². The highest BCUT2D eigenvalue weighted by atomic mass is 16.2. The Balaban J connectivity index is 1.93. The molecule has 0 aliphatic rings. The van der Waals surface area contributed by atoms with E-state index in [0.29, 0.717) is 12.1 Å². The monoisotopic (exact) mass is 337 g/mol. The summed E-state index contributed by atoms with van der Waals surface area (Å²) in [7, 11) is 0.